The Hall–Kier alpha value is -1.86. The maximum atomic E-state index is 12.5. The number of hydrogen-bond acceptors (Lipinski definition) is 5. The summed E-state index contributed by atoms with van der Waals surface area (Å²) in [5.41, 5.74) is 1.64. The molecule has 0 aliphatic heterocycles. The van der Waals surface area contributed by atoms with Crippen molar-refractivity contribution in [3.63, 3.8) is 0 Å². The zero-order valence-electron chi connectivity index (χ0n) is 14.0. The van der Waals surface area contributed by atoms with Gasteiger partial charge in [-0.15, -0.1) is 0 Å². The molecule has 0 fully saturated rings. The second-order valence-corrected chi connectivity index (χ2v) is 9.53. The molecule has 24 heavy (non-hydrogen) atoms. The fourth-order valence-corrected chi connectivity index (χ4v) is 3.86. The van der Waals surface area contributed by atoms with Gasteiger partial charge in [-0.25, -0.2) is 8.42 Å². The third kappa shape index (κ3) is 4.15. The highest BCUT2D eigenvalue weighted by Gasteiger charge is 2.20. The molecule has 0 aliphatic carbocycles. The number of aryl methyl sites for hydroxylation is 1. The molecule has 0 saturated carbocycles. The predicted octanol–water partition coefficient (Wildman–Crippen LogP) is 3.29. The van der Waals surface area contributed by atoms with Crippen LogP contribution in [0.2, 0.25) is 0 Å². The number of sulfone groups is 1. The van der Waals surface area contributed by atoms with E-state index in [2.05, 4.69) is 0 Å². The molecule has 0 radical (unpaired) electrons. The van der Waals surface area contributed by atoms with E-state index in [1.807, 2.05) is 19.9 Å². The minimum atomic E-state index is -4.13. The van der Waals surface area contributed by atoms with Crippen LogP contribution < -0.4 is 4.18 Å². The van der Waals surface area contributed by atoms with E-state index >= 15 is 0 Å². The lowest BCUT2D eigenvalue weighted by Gasteiger charge is -2.13. The summed E-state index contributed by atoms with van der Waals surface area (Å²) in [6.07, 6.45) is 1.02. The number of benzene rings is 2. The normalized spacial score (nSPS) is 12.4. The molecule has 0 spiro atoms. The lowest BCUT2D eigenvalue weighted by molar-refractivity contribution is 0.483. The molecular weight excluding hydrogens is 348 g/mol. The molecule has 2 aromatic rings. The van der Waals surface area contributed by atoms with Crippen molar-refractivity contribution in [2.75, 3.05) is 6.26 Å². The van der Waals surface area contributed by atoms with E-state index in [1.54, 1.807) is 19.1 Å². The van der Waals surface area contributed by atoms with Gasteiger partial charge in [-0.3, -0.25) is 0 Å². The van der Waals surface area contributed by atoms with Gasteiger partial charge < -0.3 is 4.18 Å². The smallest absolute Gasteiger partial charge is 0.339 e. The molecule has 0 aliphatic rings. The summed E-state index contributed by atoms with van der Waals surface area (Å²) < 4.78 is 53.5. The highest BCUT2D eigenvalue weighted by molar-refractivity contribution is 7.90. The van der Waals surface area contributed by atoms with E-state index in [4.69, 9.17) is 4.18 Å². The van der Waals surface area contributed by atoms with E-state index in [9.17, 15) is 16.8 Å². The molecule has 0 atom stereocenters. The predicted molar refractivity (Wildman–Crippen MR) is 92.6 cm³/mol. The minimum Gasteiger partial charge on any atom is -0.379 e. The van der Waals surface area contributed by atoms with Crippen molar-refractivity contribution in [3.05, 3.63) is 53.6 Å². The van der Waals surface area contributed by atoms with Crippen molar-refractivity contribution in [2.45, 2.75) is 36.5 Å². The van der Waals surface area contributed by atoms with E-state index in [0.717, 1.165) is 17.9 Å². The molecule has 2 aromatic carbocycles. The van der Waals surface area contributed by atoms with E-state index in [-0.39, 0.29) is 21.5 Å². The topological polar surface area (TPSA) is 77.5 Å². The fourth-order valence-electron chi connectivity index (χ4n) is 2.09. The van der Waals surface area contributed by atoms with Crippen LogP contribution in [-0.4, -0.2) is 23.1 Å². The summed E-state index contributed by atoms with van der Waals surface area (Å²) in [5.74, 6) is 0.468. The summed E-state index contributed by atoms with van der Waals surface area (Å²) in [6.45, 7) is 5.75. The second-order valence-electron chi connectivity index (χ2n) is 5.96. The molecule has 0 N–H and O–H groups in total. The summed E-state index contributed by atoms with van der Waals surface area (Å²) in [4.78, 5) is -0.264. The van der Waals surface area contributed by atoms with Gasteiger partial charge in [0.15, 0.2) is 9.84 Å². The summed E-state index contributed by atoms with van der Waals surface area (Å²) >= 11 is 0. The molecule has 2 rings (SSSR count). The van der Waals surface area contributed by atoms with Crippen LogP contribution >= 0.6 is 0 Å². The molecule has 0 saturated heterocycles. The van der Waals surface area contributed by atoms with Gasteiger partial charge in [0.05, 0.1) is 4.90 Å². The molecule has 0 unspecified atom stereocenters. The van der Waals surface area contributed by atoms with Crippen molar-refractivity contribution in [3.8, 4) is 5.75 Å². The highest BCUT2D eigenvalue weighted by atomic mass is 32.2. The van der Waals surface area contributed by atoms with Gasteiger partial charge in [0, 0.05) is 6.26 Å². The monoisotopic (exact) mass is 368 g/mol. The van der Waals surface area contributed by atoms with Crippen LogP contribution in [0.15, 0.2) is 52.3 Å². The molecule has 7 heteroatoms. The zero-order chi connectivity index (χ0) is 18.1. The first-order valence-corrected chi connectivity index (χ1v) is 10.7. The van der Waals surface area contributed by atoms with Crippen LogP contribution in [0.5, 0.6) is 5.75 Å². The lowest BCUT2D eigenvalue weighted by atomic mass is 10.0. The summed E-state index contributed by atoms with van der Waals surface area (Å²) in [5, 5.41) is 0. The Kier molecular flexibility index (Phi) is 5.05. The van der Waals surface area contributed by atoms with Crippen molar-refractivity contribution in [1.82, 2.24) is 0 Å². The average molecular weight is 368 g/mol. The summed E-state index contributed by atoms with van der Waals surface area (Å²) in [7, 11) is -7.63. The minimum absolute atomic E-state index is 0.0696. The van der Waals surface area contributed by atoms with Crippen LogP contribution in [0, 0.1) is 6.92 Å². The Labute approximate surface area is 143 Å². The van der Waals surface area contributed by atoms with Crippen LogP contribution in [0.4, 0.5) is 0 Å². The van der Waals surface area contributed by atoms with E-state index in [1.165, 1.54) is 18.2 Å². The molecular formula is C17H20O5S2. The van der Waals surface area contributed by atoms with E-state index in [0.29, 0.717) is 5.56 Å². The SMILES string of the molecule is Cc1ccc(C(C)C)cc1OS(=O)(=O)c1cccc(S(C)(=O)=O)c1. The standard InChI is InChI=1S/C17H20O5S2/c1-12(2)14-9-8-13(3)17(10-14)22-24(20,21)16-7-5-6-15(11-16)23(4,18)19/h5-12H,1-4H3. The van der Waals surface area contributed by atoms with Crippen molar-refractivity contribution in [1.29, 1.82) is 0 Å². The van der Waals surface area contributed by atoms with Crippen molar-refractivity contribution < 1.29 is 21.0 Å². The fraction of sp³-hybridized carbons (Fsp3) is 0.294. The lowest BCUT2D eigenvalue weighted by Crippen LogP contribution is -2.11. The van der Waals surface area contributed by atoms with Gasteiger partial charge >= 0.3 is 10.1 Å². The molecule has 0 bridgehead atoms. The van der Waals surface area contributed by atoms with Crippen molar-refractivity contribution >= 4 is 20.0 Å². The quantitative estimate of drug-likeness (QED) is 0.757. The van der Waals surface area contributed by atoms with Gasteiger partial charge in [-0.05, 0) is 48.2 Å². The first kappa shape index (κ1) is 18.5. The third-order valence-electron chi connectivity index (χ3n) is 3.60. The Morgan fingerprint density at radius 1 is 0.917 bits per heavy atom. The van der Waals surface area contributed by atoms with Crippen LogP contribution in [-0.2, 0) is 20.0 Å². The first-order chi connectivity index (χ1) is 11.0. The van der Waals surface area contributed by atoms with Gasteiger partial charge in [-0.1, -0.05) is 32.0 Å². The van der Waals surface area contributed by atoms with Gasteiger partial charge in [0.25, 0.3) is 0 Å². The second kappa shape index (κ2) is 6.57. The van der Waals surface area contributed by atoms with E-state index < -0.39 is 20.0 Å². The largest absolute Gasteiger partial charge is 0.379 e. The van der Waals surface area contributed by atoms with Crippen LogP contribution in [0.1, 0.15) is 30.9 Å². The van der Waals surface area contributed by atoms with Crippen molar-refractivity contribution in [2.24, 2.45) is 0 Å². The molecule has 130 valence electrons. The highest BCUT2D eigenvalue weighted by Crippen LogP contribution is 2.27. The van der Waals surface area contributed by atoms with Crippen LogP contribution in [0.25, 0.3) is 0 Å². The van der Waals surface area contributed by atoms with Crippen LogP contribution in [0.3, 0.4) is 0 Å². The molecule has 0 aromatic heterocycles. The van der Waals surface area contributed by atoms with Gasteiger partial charge in [0.1, 0.15) is 10.6 Å². The average Bonchev–Trinajstić information content (AvgIpc) is 2.48. The Morgan fingerprint density at radius 3 is 2.12 bits per heavy atom. The first-order valence-electron chi connectivity index (χ1n) is 7.36. The Bertz CT molecular complexity index is 958. The maximum absolute atomic E-state index is 12.5. The number of rotatable bonds is 5. The van der Waals surface area contributed by atoms with Gasteiger partial charge in [0.2, 0.25) is 0 Å². The third-order valence-corrected chi connectivity index (χ3v) is 5.94. The molecule has 0 amide bonds. The number of hydrogen-bond donors (Lipinski definition) is 0. The zero-order valence-corrected chi connectivity index (χ0v) is 15.6. The summed E-state index contributed by atoms with van der Waals surface area (Å²) in [6, 6.07) is 10.6. The molecule has 0 heterocycles. The maximum Gasteiger partial charge on any atom is 0.339 e. The van der Waals surface area contributed by atoms with Gasteiger partial charge in [-0.2, -0.15) is 8.42 Å². The molecule has 5 nitrogen and oxygen atoms in total. The Balaban J connectivity index is 2.45. The Morgan fingerprint density at radius 2 is 1.54 bits per heavy atom.